The molecule has 30 heavy (non-hydrogen) atoms. The van der Waals surface area contributed by atoms with Crippen LogP contribution in [-0.2, 0) is 4.79 Å². The van der Waals surface area contributed by atoms with Crippen LogP contribution in [0.15, 0.2) is 78.9 Å². The molecule has 0 aliphatic heterocycles. The third-order valence-electron chi connectivity index (χ3n) is 4.41. The topological polar surface area (TPSA) is 67.8 Å². The van der Waals surface area contributed by atoms with Gasteiger partial charge in [0.05, 0.1) is 0 Å². The maximum Gasteiger partial charge on any atom is 0.260 e. The molecule has 0 aliphatic rings. The van der Waals surface area contributed by atoms with Crippen LogP contribution in [0.5, 0.6) is 11.5 Å². The second kappa shape index (κ2) is 10.4. The van der Waals surface area contributed by atoms with Crippen LogP contribution >= 0.6 is 0 Å². The zero-order valence-electron chi connectivity index (χ0n) is 16.6. The molecule has 0 aliphatic carbocycles. The number of hydrogen-bond acceptors (Lipinski definition) is 4. The van der Waals surface area contributed by atoms with E-state index in [4.69, 9.17) is 9.47 Å². The van der Waals surface area contributed by atoms with E-state index in [2.05, 4.69) is 5.32 Å². The Hall–Kier alpha value is -3.38. The van der Waals surface area contributed by atoms with Gasteiger partial charge in [-0.1, -0.05) is 42.5 Å². The second-order valence-electron chi connectivity index (χ2n) is 6.81. The number of ether oxygens (including phenoxy) is 2. The molecule has 0 fully saturated rings. The fourth-order valence-electron chi connectivity index (χ4n) is 2.76. The van der Waals surface area contributed by atoms with Gasteiger partial charge in [0.15, 0.2) is 6.10 Å². The summed E-state index contributed by atoms with van der Waals surface area (Å²) >= 11 is 0. The molecular weight excluding hydrogens is 385 g/mol. The number of amides is 1. The molecule has 0 radical (unpaired) electrons. The summed E-state index contributed by atoms with van der Waals surface area (Å²) < 4.78 is 23.9. The normalized spacial score (nSPS) is 12.6. The van der Waals surface area contributed by atoms with Gasteiger partial charge in [-0.05, 0) is 54.4 Å². The number of rotatable bonds is 9. The maximum atomic E-state index is 12.9. The molecule has 1 amide bonds. The molecule has 0 saturated carbocycles. The predicted octanol–water partition coefficient (Wildman–Crippen LogP) is 3.82. The Balaban J connectivity index is 1.42. The standard InChI is InChI=1S/C24H24FNO4/c1-17(30-23-11-7-19(8-12-23)18-5-3-2-4-6-18)24(28)26-15-21(27)16-29-22-13-9-20(25)10-14-22/h2-14,17,21,27H,15-16H2,1H3,(H,26,28)/t17-,21+/m1/s1. The van der Waals surface area contributed by atoms with E-state index >= 15 is 0 Å². The molecule has 3 rings (SSSR count). The molecule has 0 bridgehead atoms. The van der Waals surface area contributed by atoms with Crippen molar-refractivity contribution in [1.29, 1.82) is 0 Å². The molecule has 5 nitrogen and oxygen atoms in total. The van der Waals surface area contributed by atoms with Gasteiger partial charge in [-0.3, -0.25) is 4.79 Å². The van der Waals surface area contributed by atoms with Gasteiger partial charge >= 0.3 is 0 Å². The van der Waals surface area contributed by atoms with E-state index in [1.54, 1.807) is 6.92 Å². The number of carbonyl (C=O) groups excluding carboxylic acids is 1. The van der Waals surface area contributed by atoms with E-state index in [1.807, 2.05) is 54.6 Å². The minimum absolute atomic E-state index is 0.0146. The highest BCUT2D eigenvalue weighted by Gasteiger charge is 2.16. The van der Waals surface area contributed by atoms with Crippen molar-refractivity contribution in [1.82, 2.24) is 5.32 Å². The zero-order chi connectivity index (χ0) is 21.3. The number of benzene rings is 3. The molecule has 2 atom stereocenters. The fraction of sp³-hybridized carbons (Fsp3) is 0.208. The lowest BCUT2D eigenvalue weighted by atomic mass is 10.1. The van der Waals surface area contributed by atoms with Gasteiger partial charge in [-0.2, -0.15) is 0 Å². The number of hydrogen-bond donors (Lipinski definition) is 2. The molecule has 2 N–H and O–H groups in total. The average molecular weight is 409 g/mol. The lowest BCUT2D eigenvalue weighted by Crippen LogP contribution is -2.41. The summed E-state index contributed by atoms with van der Waals surface area (Å²) in [6.45, 7) is 1.63. The van der Waals surface area contributed by atoms with Crippen LogP contribution in [0.1, 0.15) is 6.92 Å². The van der Waals surface area contributed by atoms with E-state index in [1.165, 1.54) is 24.3 Å². The largest absolute Gasteiger partial charge is 0.491 e. The minimum atomic E-state index is -0.906. The van der Waals surface area contributed by atoms with Crippen molar-refractivity contribution in [3.8, 4) is 22.6 Å². The molecule has 156 valence electrons. The first-order chi connectivity index (χ1) is 14.5. The molecule has 0 heterocycles. The highest BCUT2D eigenvalue weighted by Crippen LogP contribution is 2.22. The molecule has 0 aromatic heterocycles. The molecule has 6 heteroatoms. The number of aliphatic hydroxyl groups is 1. The molecule has 3 aromatic rings. The van der Waals surface area contributed by atoms with Crippen LogP contribution in [0, 0.1) is 5.82 Å². The van der Waals surface area contributed by atoms with Crippen LogP contribution in [0.3, 0.4) is 0 Å². The minimum Gasteiger partial charge on any atom is -0.491 e. The van der Waals surface area contributed by atoms with Gasteiger partial charge < -0.3 is 19.9 Å². The summed E-state index contributed by atoms with van der Waals surface area (Å²) in [6.07, 6.45) is -1.63. The quantitative estimate of drug-likeness (QED) is 0.564. The first-order valence-electron chi connectivity index (χ1n) is 9.67. The number of carbonyl (C=O) groups is 1. The van der Waals surface area contributed by atoms with Gasteiger partial charge in [-0.15, -0.1) is 0 Å². The summed E-state index contributed by atoms with van der Waals surface area (Å²) in [5.41, 5.74) is 2.16. The van der Waals surface area contributed by atoms with Crippen molar-refractivity contribution in [2.24, 2.45) is 0 Å². The maximum absolute atomic E-state index is 12.9. The SMILES string of the molecule is C[C@@H](Oc1ccc(-c2ccccc2)cc1)C(=O)NC[C@H](O)COc1ccc(F)cc1. The zero-order valence-corrected chi connectivity index (χ0v) is 16.6. The molecule has 0 unspecified atom stereocenters. The van der Waals surface area contributed by atoms with E-state index < -0.39 is 12.2 Å². The number of aliphatic hydroxyl groups excluding tert-OH is 1. The van der Waals surface area contributed by atoms with Crippen LogP contribution in [-0.4, -0.2) is 36.4 Å². The van der Waals surface area contributed by atoms with Crippen LogP contribution in [0.25, 0.3) is 11.1 Å². The first kappa shape index (κ1) is 21.3. The summed E-state index contributed by atoms with van der Waals surface area (Å²) in [7, 11) is 0. The van der Waals surface area contributed by atoms with Crippen molar-refractivity contribution < 1.29 is 23.8 Å². The molecule has 3 aromatic carbocycles. The summed E-state index contributed by atoms with van der Waals surface area (Å²) in [6, 6.07) is 23.0. The average Bonchev–Trinajstić information content (AvgIpc) is 2.78. The molecular formula is C24H24FNO4. The summed E-state index contributed by atoms with van der Waals surface area (Å²) in [5, 5.41) is 12.6. The van der Waals surface area contributed by atoms with Crippen molar-refractivity contribution >= 4 is 5.91 Å². The lowest BCUT2D eigenvalue weighted by Gasteiger charge is -2.17. The van der Waals surface area contributed by atoms with Gasteiger partial charge in [0.2, 0.25) is 0 Å². The van der Waals surface area contributed by atoms with Gasteiger partial charge in [0.25, 0.3) is 5.91 Å². The van der Waals surface area contributed by atoms with E-state index in [9.17, 15) is 14.3 Å². The Bertz CT molecular complexity index is 930. The van der Waals surface area contributed by atoms with Crippen LogP contribution in [0.2, 0.25) is 0 Å². The lowest BCUT2D eigenvalue weighted by molar-refractivity contribution is -0.127. The van der Waals surface area contributed by atoms with Crippen molar-refractivity contribution in [2.75, 3.05) is 13.2 Å². The third-order valence-corrected chi connectivity index (χ3v) is 4.41. The van der Waals surface area contributed by atoms with Gasteiger partial charge in [0, 0.05) is 6.54 Å². The Labute approximate surface area is 175 Å². The third kappa shape index (κ3) is 6.32. The van der Waals surface area contributed by atoms with E-state index in [0.29, 0.717) is 11.5 Å². The van der Waals surface area contributed by atoms with Crippen LogP contribution in [0.4, 0.5) is 4.39 Å². The highest BCUT2D eigenvalue weighted by atomic mass is 19.1. The Kier molecular flexibility index (Phi) is 7.40. The Morgan fingerprint density at radius 1 is 0.933 bits per heavy atom. The second-order valence-corrected chi connectivity index (χ2v) is 6.81. The fourth-order valence-corrected chi connectivity index (χ4v) is 2.76. The van der Waals surface area contributed by atoms with Crippen molar-refractivity contribution in [3.05, 3.63) is 84.7 Å². The predicted molar refractivity (Wildman–Crippen MR) is 113 cm³/mol. The smallest absolute Gasteiger partial charge is 0.260 e. The monoisotopic (exact) mass is 409 g/mol. The molecule has 0 spiro atoms. The van der Waals surface area contributed by atoms with E-state index in [0.717, 1.165) is 11.1 Å². The number of nitrogens with one attached hydrogen (secondary N) is 1. The van der Waals surface area contributed by atoms with Gasteiger partial charge in [-0.25, -0.2) is 4.39 Å². The first-order valence-corrected chi connectivity index (χ1v) is 9.67. The molecule has 0 saturated heterocycles. The van der Waals surface area contributed by atoms with Crippen molar-refractivity contribution in [3.63, 3.8) is 0 Å². The van der Waals surface area contributed by atoms with Crippen LogP contribution < -0.4 is 14.8 Å². The Morgan fingerprint density at radius 2 is 1.53 bits per heavy atom. The van der Waals surface area contributed by atoms with Crippen molar-refractivity contribution in [2.45, 2.75) is 19.1 Å². The van der Waals surface area contributed by atoms with E-state index in [-0.39, 0.29) is 24.9 Å². The van der Waals surface area contributed by atoms with Gasteiger partial charge in [0.1, 0.15) is 30.0 Å². The number of halogens is 1. The highest BCUT2D eigenvalue weighted by molar-refractivity contribution is 5.80. The summed E-state index contributed by atoms with van der Waals surface area (Å²) in [5.74, 6) is 0.316. The summed E-state index contributed by atoms with van der Waals surface area (Å²) in [4.78, 5) is 12.2. The Morgan fingerprint density at radius 3 is 2.20 bits per heavy atom.